The van der Waals surface area contributed by atoms with Gasteiger partial charge in [-0.3, -0.25) is 0 Å². The fourth-order valence-corrected chi connectivity index (χ4v) is 3.97. The molecule has 68 valence electrons. The molecule has 0 aliphatic heterocycles. The third-order valence-corrected chi connectivity index (χ3v) is 4.85. The molecule has 0 N–H and O–H groups in total. The minimum atomic E-state index is 0.0411. The van der Waals surface area contributed by atoms with Gasteiger partial charge in [0.25, 0.3) is 0 Å². The quantitative estimate of drug-likeness (QED) is 0.760. The maximum absolute atomic E-state index is 2.42. The fourth-order valence-electron chi connectivity index (χ4n) is 1.54. The molecule has 0 atom stereocenters. The van der Waals surface area contributed by atoms with Crippen molar-refractivity contribution in [3.8, 4) is 0 Å². The number of hydrogen-bond donors (Lipinski definition) is 0. The third kappa shape index (κ3) is 2.16. The molecule has 0 nitrogen and oxygen atoms in total. The van der Waals surface area contributed by atoms with E-state index in [9.17, 15) is 0 Å². The maximum atomic E-state index is 2.42. The van der Waals surface area contributed by atoms with Crippen molar-refractivity contribution in [3.63, 3.8) is 0 Å². The monoisotopic (exact) mass is 288 g/mol. The van der Waals surface area contributed by atoms with Crippen LogP contribution in [0.4, 0.5) is 0 Å². The zero-order valence-corrected chi connectivity index (χ0v) is 10.2. The van der Waals surface area contributed by atoms with Gasteiger partial charge < -0.3 is 0 Å². The molecule has 0 fully saturated rings. The van der Waals surface area contributed by atoms with Gasteiger partial charge in [-0.1, -0.05) is 0 Å². The number of fused-ring (bicyclic) bond motifs is 1. The molecule has 1 heterocycles. The molecule has 0 aliphatic carbocycles. The molecular formula is C12H14Te. The second-order valence-corrected chi connectivity index (χ2v) is 6.10. The van der Waals surface area contributed by atoms with Crippen LogP contribution in [0.15, 0.2) is 28.3 Å². The Labute approximate surface area is 89.2 Å². The van der Waals surface area contributed by atoms with Gasteiger partial charge in [0.2, 0.25) is 0 Å². The zero-order valence-electron chi connectivity index (χ0n) is 7.92. The Balaban J connectivity index is 2.26. The predicted molar refractivity (Wildman–Crippen MR) is 59.5 cm³/mol. The fraction of sp³-hybridized carbons (Fsp3) is 0.333. The van der Waals surface area contributed by atoms with E-state index >= 15 is 0 Å². The van der Waals surface area contributed by atoms with Crippen molar-refractivity contribution in [2.75, 3.05) is 0 Å². The molecule has 2 rings (SSSR count). The Kier molecular flexibility index (Phi) is 3.09. The first kappa shape index (κ1) is 9.31. The molecule has 2 aromatic rings. The Bertz CT molecular complexity index is 387. The summed E-state index contributed by atoms with van der Waals surface area (Å²) in [5.41, 5.74) is 1.54. The molecule has 0 unspecified atom stereocenters. The van der Waals surface area contributed by atoms with Crippen molar-refractivity contribution < 1.29 is 0 Å². The van der Waals surface area contributed by atoms with Crippen LogP contribution in [0.2, 0.25) is 0 Å². The number of rotatable bonds is 3. The molecule has 0 aliphatic rings. The van der Waals surface area contributed by atoms with Gasteiger partial charge in [0.05, 0.1) is 0 Å². The zero-order chi connectivity index (χ0) is 9.10. The first-order valence-corrected chi connectivity index (χ1v) is 7.37. The van der Waals surface area contributed by atoms with E-state index in [0.717, 1.165) is 0 Å². The van der Waals surface area contributed by atoms with Crippen LogP contribution in [-0.4, -0.2) is 20.4 Å². The van der Waals surface area contributed by atoms with Gasteiger partial charge in [0.1, 0.15) is 0 Å². The average Bonchev–Trinajstić information content (AvgIpc) is 2.61. The van der Waals surface area contributed by atoms with Crippen molar-refractivity contribution in [2.24, 2.45) is 0 Å². The molecule has 1 aromatic heterocycles. The van der Waals surface area contributed by atoms with E-state index < -0.39 is 0 Å². The van der Waals surface area contributed by atoms with Gasteiger partial charge in [0, 0.05) is 0 Å². The van der Waals surface area contributed by atoms with Crippen LogP contribution in [0.5, 0.6) is 0 Å². The normalized spacial score (nSPS) is 10.8. The SMILES string of the molecule is CCCCc1ccc2cc[te]c2c1. The van der Waals surface area contributed by atoms with E-state index in [-0.39, 0.29) is 20.4 Å². The van der Waals surface area contributed by atoms with E-state index in [2.05, 4.69) is 35.3 Å². The van der Waals surface area contributed by atoms with Crippen LogP contribution < -0.4 is 0 Å². The molecule has 0 amide bonds. The molecule has 0 radical (unpaired) electrons. The first-order valence-electron chi connectivity index (χ1n) is 4.86. The van der Waals surface area contributed by atoms with Gasteiger partial charge in [0.15, 0.2) is 0 Å². The summed E-state index contributed by atoms with van der Waals surface area (Å²) >= 11 is 0.0411. The molecular weight excluding hydrogens is 272 g/mol. The van der Waals surface area contributed by atoms with Crippen molar-refractivity contribution in [3.05, 3.63) is 33.9 Å². The van der Waals surface area contributed by atoms with Crippen LogP contribution >= 0.6 is 0 Å². The predicted octanol–water partition coefficient (Wildman–Crippen LogP) is 3.24. The van der Waals surface area contributed by atoms with E-state index in [4.69, 9.17) is 0 Å². The van der Waals surface area contributed by atoms with Crippen molar-refractivity contribution >= 4 is 29.2 Å². The van der Waals surface area contributed by atoms with Gasteiger partial charge >= 0.3 is 89.3 Å². The van der Waals surface area contributed by atoms with E-state index in [1.165, 1.54) is 30.2 Å². The Morgan fingerprint density at radius 3 is 3.00 bits per heavy atom. The molecule has 0 bridgehead atoms. The topological polar surface area (TPSA) is 0 Å². The number of aryl methyl sites for hydroxylation is 1. The van der Waals surface area contributed by atoms with Crippen LogP contribution in [0, 0.1) is 0 Å². The number of unbranched alkanes of at least 4 members (excludes halogenated alkanes) is 1. The summed E-state index contributed by atoms with van der Waals surface area (Å²) in [5, 5.41) is 1.47. The summed E-state index contributed by atoms with van der Waals surface area (Å²) in [6.07, 6.45) is 3.88. The van der Waals surface area contributed by atoms with Gasteiger partial charge in [-0.05, 0) is 0 Å². The molecule has 0 saturated carbocycles. The third-order valence-electron chi connectivity index (χ3n) is 2.34. The summed E-state index contributed by atoms with van der Waals surface area (Å²) < 4.78 is 4.01. The van der Waals surface area contributed by atoms with E-state index in [0.29, 0.717) is 0 Å². The summed E-state index contributed by atoms with van der Waals surface area (Å²) in [6.45, 7) is 2.25. The molecule has 1 aromatic carbocycles. The number of hydrogen-bond acceptors (Lipinski definition) is 0. The van der Waals surface area contributed by atoms with Crippen LogP contribution in [0.3, 0.4) is 0 Å². The molecule has 13 heavy (non-hydrogen) atoms. The summed E-state index contributed by atoms with van der Waals surface area (Å²) in [7, 11) is 0. The molecule has 0 spiro atoms. The van der Waals surface area contributed by atoms with Crippen molar-refractivity contribution in [2.45, 2.75) is 26.2 Å². The standard InChI is InChI=1S/C12H14Te/c1-2-3-4-10-5-6-11-7-8-13-12(11)9-10/h5-9H,2-4H2,1H3. The van der Waals surface area contributed by atoms with Gasteiger partial charge in [-0.25, -0.2) is 0 Å². The van der Waals surface area contributed by atoms with E-state index in [1.54, 1.807) is 3.40 Å². The number of benzene rings is 1. The second kappa shape index (κ2) is 4.31. The van der Waals surface area contributed by atoms with Crippen LogP contribution in [-0.2, 0) is 6.42 Å². The van der Waals surface area contributed by atoms with Gasteiger partial charge in [-0.2, -0.15) is 0 Å². The summed E-state index contributed by atoms with van der Waals surface area (Å²) in [4.78, 5) is 0. The van der Waals surface area contributed by atoms with Crippen LogP contribution in [0.1, 0.15) is 25.3 Å². The van der Waals surface area contributed by atoms with Crippen molar-refractivity contribution in [1.82, 2.24) is 0 Å². The summed E-state index contributed by atoms with van der Waals surface area (Å²) in [5.74, 6) is 0. The molecule has 1 heteroatoms. The Morgan fingerprint density at radius 2 is 2.15 bits per heavy atom. The minimum absolute atomic E-state index is 0.0411. The van der Waals surface area contributed by atoms with Crippen LogP contribution in [0.25, 0.3) is 8.79 Å². The molecule has 0 saturated heterocycles. The Morgan fingerprint density at radius 1 is 1.23 bits per heavy atom. The van der Waals surface area contributed by atoms with Crippen molar-refractivity contribution in [1.29, 1.82) is 0 Å². The summed E-state index contributed by atoms with van der Waals surface area (Å²) in [6, 6.07) is 9.28. The Hall–Kier alpha value is -0.250. The first-order chi connectivity index (χ1) is 6.40. The average molecular weight is 286 g/mol. The van der Waals surface area contributed by atoms with Gasteiger partial charge in [-0.15, -0.1) is 0 Å². The van der Waals surface area contributed by atoms with E-state index in [1.807, 2.05) is 0 Å². The second-order valence-electron chi connectivity index (χ2n) is 3.40.